The van der Waals surface area contributed by atoms with Crippen LogP contribution in [-0.2, 0) is 4.74 Å². The van der Waals surface area contributed by atoms with E-state index in [1.807, 2.05) is 6.92 Å². The maximum Gasteiger partial charge on any atom is 0.505 e. The van der Waals surface area contributed by atoms with Crippen molar-refractivity contribution in [3.05, 3.63) is 0 Å². The quantitative estimate of drug-likeness (QED) is 0.419. The van der Waals surface area contributed by atoms with Crippen molar-refractivity contribution in [2.75, 3.05) is 6.61 Å². The highest BCUT2D eigenvalue weighted by atomic mass is 16.7. The van der Waals surface area contributed by atoms with Gasteiger partial charge < -0.3 is 9.84 Å². The molecule has 1 unspecified atom stereocenters. The Balaban J connectivity index is 3.47. The van der Waals surface area contributed by atoms with Gasteiger partial charge in [-0.1, -0.05) is 20.3 Å². The lowest BCUT2D eigenvalue weighted by Crippen LogP contribution is -2.04. The van der Waals surface area contributed by atoms with Gasteiger partial charge in [0, 0.05) is 12.3 Å². The molecule has 0 saturated heterocycles. The van der Waals surface area contributed by atoms with Crippen LogP contribution in [0.2, 0.25) is 0 Å². The maximum atomic E-state index is 10.0. The van der Waals surface area contributed by atoms with Gasteiger partial charge in [0.25, 0.3) is 0 Å². The average molecular weight is 198 g/mol. The minimum Gasteiger partial charge on any atom is -0.450 e. The molecule has 0 spiro atoms. The molecule has 1 N–H and O–H groups in total. The Morgan fingerprint density at radius 3 is 2.86 bits per heavy atom. The number of carbonyl (C=O) groups is 1. The Hall–Kier alpha value is -1.17. The second-order valence-electron chi connectivity index (χ2n) is 3.23. The van der Waals surface area contributed by atoms with Crippen LogP contribution in [-0.4, -0.2) is 17.9 Å². The molecular weight excluding hydrogens is 180 g/mol. The van der Waals surface area contributed by atoms with Crippen LogP contribution in [0.1, 0.15) is 39.5 Å². The summed E-state index contributed by atoms with van der Waals surface area (Å²) >= 11 is 0. The molecule has 80 valence electrons. The maximum absolute atomic E-state index is 10.0. The largest absolute Gasteiger partial charge is 0.505 e. The van der Waals surface area contributed by atoms with Crippen molar-refractivity contribution in [3.8, 4) is 11.8 Å². The Labute approximate surface area is 85.5 Å². The van der Waals surface area contributed by atoms with Crippen molar-refractivity contribution in [1.29, 1.82) is 0 Å². The predicted molar refractivity (Wildman–Crippen MR) is 55.1 cm³/mol. The highest BCUT2D eigenvalue weighted by Crippen LogP contribution is 2.00. The molecular formula is C11H18O3. The number of carboxylic acid groups (broad SMARTS) is 1. The molecule has 0 saturated carbocycles. The zero-order valence-electron chi connectivity index (χ0n) is 8.88. The molecule has 0 aromatic heterocycles. The number of hydrogen-bond acceptors (Lipinski definition) is 2. The predicted octanol–water partition coefficient (Wildman–Crippen LogP) is 2.90. The van der Waals surface area contributed by atoms with Crippen LogP contribution in [0.25, 0.3) is 0 Å². The zero-order chi connectivity index (χ0) is 10.8. The first-order valence-electron chi connectivity index (χ1n) is 5.01. The van der Waals surface area contributed by atoms with Gasteiger partial charge in [0.05, 0.1) is 6.61 Å². The molecule has 0 aliphatic carbocycles. The van der Waals surface area contributed by atoms with Gasteiger partial charge in [-0.3, -0.25) is 0 Å². The third-order valence-electron chi connectivity index (χ3n) is 1.78. The molecule has 0 aliphatic heterocycles. The summed E-state index contributed by atoms with van der Waals surface area (Å²) in [5.41, 5.74) is 0. The van der Waals surface area contributed by atoms with Gasteiger partial charge in [-0.15, -0.1) is 11.8 Å². The lowest BCUT2D eigenvalue weighted by atomic mass is 10.1. The second-order valence-corrected chi connectivity index (χ2v) is 3.23. The van der Waals surface area contributed by atoms with E-state index in [1.165, 1.54) is 0 Å². The summed E-state index contributed by atoms with van der Waals surface area (Å²) in [5.74, 6) is 6.35. The summed E-state index contributed by atoms with van der Waals surface area (Å²) in [5, 5.41) is 8.21. The van der Waals surface area contributed by atoms with Crippen LogP contribution in [0.15, 0.2) is 0 Å². The molecule has 0 rings (SSSR count). The van der Waals surface area contributed by atoms with Crippen LogP contribution in [0.5, 0.6) is 0 Å². The number of hydrogen-bond donors (Lipinski definition) is 1. The number of unbranched alkanes of at least 4 members (excludes halogenated alkanes) is 2. The van der Waals surface area contributed by atoms with Crippen LogP contribution >= 0.6 is 0 Å². The average Bonchev–Trinajstić information content (AvgIpc) is 2.12. The van der Waals surface area contributed by atoms with Crippen LogP contribution in [0.4, 0.5) is 4.79 Å². The van der Waals surface area contributed by atoms with Crippen molar-refractivity contribution < 1.29 is 14.6 Å². The zero-order valence-corrected chi connectivity index (χ0v) is 8.88. The van der Waals surface area contributed by atoms with E-state index in [9.17, 15) is 4.79 Å². The van der Waals surface area contributed by atoms with Gasteiger partial charge in [-0.2, -0.15) is 0 Å². The molecule has 1 atom stereocenters. The van der Waals surface area contributed by atoms with Crippen molar-refractivity contribution in [3.63, 3.8) is 0 Å². The van der Waals surface area contributed by atoms with Gasteiger partial charge in [0.15, 0.2) is 0 Å². The van der Waals surface area contributed by atoms with Crippen LogP contribution in [0.3, 0.4) is 0 Å². The van der Waals surface area contributed by atoms with E-state index in [0.29, 0.717) is 6.42 Å². The summed E-state index contributed by atoms with van der Waals surface area (Å²) in [6, 6.07) is 0. The van der Waals surface area contributed by atoms with E-state index in [-0.39, 0.29) is 12.5 Å². The van der Waals surface area contributed by atoms with Gasteiger partial charge in [-0.25, -0.2) is 4.79 Å². The fourth-order valence-corrected chi connectivity index (χ4v) is 0.907. The minimum absolute atomic E-state index is 0.214. The van der Waals surface area contributed by atoms with Gasteiger partial charge in [-0.05, 0) is 12.8 Å². The molecule has 0 amide bonds. The summed E-state index contributed by atoms with van der Waals surface area (Å²) in [6.07, 6.45) is 2.68. The molecule has 0 heterocycles. The summed E-state index contributed by atoms with van der Waals surface area (Å²) < 4.78 is 4.39. The lowest BCUT2D eigenvalue weighted by molar-refractivity contribution is 0.0887. The number of ether oxygens (including phenoxy) is 1. The molecule has 3 heteroatoms. The molecule has 0 fully saturated rings. The van der Waals surface area contributed by atoms with E-state index in [0.717, 1.165) is 19.3 Å². The van der Waals surface area contributed by atoms with Crippen LogP contribution < -0.4 is 0 Å². The Morgan fingerprint density at radius 1 is 1.57 bits per heavy atom. The molecule has 0 aromatic rings. The second kappa shape index (κ2) is 8.43. The van der Waals surface area contributed by atoms with Gasteiger partial charge in [0.1, 0.15) is 0 Å². The molecule has 0 aromatic carbocycles. The van der Waals surface area contributed by atoms with Crippen molar-refractivity contribution in [2.45, 2.75) is 39.5 Å². The molecule has 3 nitrogen and oxygen atoms in total. The highest BCUT2D eigenvalue weighted by Gasteiger charge is 2.00. The Kier molecular flexibility index (Phi) is 7.72. The monoisotopic (exact) mass is 198 g/mol. The molecule has 0 radical (unpaired) electrons. The fourth-order valence-electron chi connectivity index (χ4n) is 0.907. The fraction of sp³-hybridized carbons (Fsp3) is 0.727. The van der Waals surface area contributed by atoms with E-state index >= 15 is 0 Å². The SMILES string of the molecule is CCCCC#CC(C)CCOC(=O)O. The lowest BCUT2D eigenvalue weighted by Gasteiger charge is -2.02. The smallest absolute Gasteiger partial charge is 0.450 e. The normalized spacial score (nSPS) is 11.3. The standard InChI is InChI=1S/C11H18O3/c1-3-4-5-6-7-10(2)8-9-14-11(12)13/h10H,3-5,8-9H2,1-2H3,(H,12,13). The molecule has 14 heavy (non-hydrogen) atoms. The third-order valence-corrected chi connectivity index (χ3v) is 1.78. The van der Waals surface area contributed by atoms with Gasteiger partial charge in [0.2, 0.25) is 0 Å². The Bertz CT molecular complexity index is 212. The highest BCUT2D eigenvalue weighted by molar-refractivity contribution is 5.56. The first kappa shape index (κ1) is 12.8. The first-order valence-corrected chi connectivity index (χ1v) is 5.01. The minimum atomic E-state index is -1.21. The summed E-state index contributed by atoms with van der Waals surface area (Å²) in [6.45, 7) is 4.34. The molecule has 0 bridgehead atoms. The first-order chi connectivity index (χ1) is 6.66. The molecule has 0 aliphatic rings. The van der Waals surface area contributed by atoms with E-state index < -0.39 is 6.16 Å². The summed E-state index contributed by atoms with van der Waals surface area (Å²) in [7, 11) is 0. The summed E-state index contributed by atoms with van der Waals surface area (Å²) in [4.78, 5) is 10.0. The van der Waals surface area contributed by atoms with Gasteiger partial charge >= 0.3 is 6.16 Å². The van der Waals surface area contributed by atoms with Crippen molar-refractivity contribution in [1.82, 2.24) is 0 Å². The van der Waals surface area contributed by atoms with E-state index in [4.69, 9.17) is 5.11 Å². The van der Waals surface area contributed by atoms with Crippen molar-refractivity contribution >= 4 is 6.16 Å². The Morgan fingerprint density at radius 2 is 2.29 bits per heavy atom. The van der Waals surface area contributed by atoms with E-state index in [1.54, 1.807) is 0 Å². The topological polar surface area (TPSA) is 46.5 Å². The van der Waals surface area contributed by atoms with Crippen LogP contribution in [0, 0.1) is 17.8 Å². The third kappa shape index (κ3) is 8.92. The van der Waals surface area contributed by atoms with E-state index in [2.05, 4.69) is 23.5 Å². The van der Waals surface area contributed by atoms with Crippen molar-refractivity contribution in [2.24, 2.45) is 5.92 Å². The number of rotatable bonds is 5.